The van der Waals surface area contributed by atoms with Crippen LogP contribution in [0.3, 0.4) is 0 Å². The third-order valence-electron chi connectivity index (χ3n) is 4.61. The Balaban J connectivity index is 1.57. The highest BCUT2D eigenvalue weighted by Gasteiger charge is 2.18. The van der Waals surface area contributed by atoms with E-state index >= 15 is 0 Å². The van der Waals surface area contributed by atoms with Crippen molar-refractivity contribution in [3.63, 3.8) is 0 Å². The molecule has 27 heavy (non-hydrogen) atoms. The van der Waals surface area contributed by atoms with E-state index in [4.69, 9.17) is 4.74 Å². The molecule has 0 spiro atoms. The lowest BCUT2D eigenvalue weighted by Gasteiger charge is -2.13. The number of ether oxygens (including phenoxy) is 1. The quantitative estimate of drug-likeness (QED) is 0.763. The molecule has 0 heterocycles. The van der Waals surface area contributed by atoms with Crippen LogP contribution in [0.25, 0.3) is 0 Å². The zero-order chi connectivity index (χ0) is 19.3. The van der Waals surface area contributed by atoms with Crippen LogP contribution >= 0.6 is 0 Å². The lowest BCUT2D eigenvalue weighted by Crippen LogP contribution is -2.36. The number of carbonyl (C=O) groups excluding carboxylic acids is 1. The summed E-state index contributed by atoms with van der Waals surface area (Å²) in [5.41, 5.74) is 1.38. The highest BCUT2D eigenvalue weighted by Crippen LogP contribution is 2.21. The van der Waals surface area contributed by atoms with Crippen LogP contribution in [-0.4, -0.2) is 27.0 Å². The molecular weight excluding hydrogens is 364 g/mol. The molecular formula is C20H24N2O4S. The van der Waals surface area contributed by atoms with Crippen molar-refractivity contribution in [1.82, 2.24) is 5.32 Å². The van der Waals surface area contributed by atoms with Gasteiger partial charge in [-0.05, 0) is 55.7 Å². The van der Waals surface area contributed by atoms with Gasteiger partial charge in [-0.1, -0.05) is 31.0 Å². The number of aryl methyl sites for hydroxylation is 1. The molecule has 1 aliphatic rings. The van der Waals surface area contributed by atoms with Crippen LogP contribution in [0.5, 0.6) is 5.75 Å². The molecule has 0 unspecified atom stereocenters. The molecule has 2 aromatic rings. The zero-order valence-electron chi connectivity index (χ0n) is 15.3. The number of hydrogen-bond acceptors (Lipinski definition) is 4. The second-order valence-corrected chi connectivity index (χ2v) is 8.41. The van der Waals surface area contributed by atoms with Crippen LogP contribution in [0.15, 0.2) is 53.4 Å². The highest BCUT2D eigenvalue weighted by molar-refractivity contribution is 7.92. The number of anilines is 1. The summed E-state index contributed by atoms with van der Waals surface area (Å²) in [5, 5.41) is 2.95. The van der Waals surface area contributed by atoms with Crippen molar-refractivity contribution in [3.05, 3.63) is 54.1 Å². The first-order valence-electron chi connectivity index (χ1n) is 9.05. The fourth-order valence-corrected chi connectivity index (χ4v) is 4.23. The predicted octanol–water partition coefficient (Wildman–Crippen LogP) is 3.23. The van der Waals surface area contributed by atoms with Crippen LogP contribution in [0.2, 0.25) is 0 Å². The minimum absolute atomic E-state index is 0.0793. The summed E-state index contributed by atoms with van der Waals surface area (Å²) >= 11 is 0. The summed E-state index contributed by atoms with van der Waals surface area (Å²) in [7, 11) is -3.68. The number of para-hydroxylation sites is 1. The van der Waals surface area contributed by atoms with E-state index in [9.17, 15) is 13.2 Å². The number of benzene rings is 2. The van der Waals surface area contributed by atoms with Crippen LogP contribution < -0.4 is 14.8 Å². The van der Waals surface area contributed by atoms with Gasteiger partial charge in [-0.3, -0.25) is 9.52 Å². The van der Waals surface area contributed by atoms with E-state index in [1.165, 1.54) is 12.1 Å². The van der Waals surface area contributed by atoms with Crippen molar-refractivity contribution in [1.29, 1.82) is 0 Å². The summed E-state index contributed by atoms with van der Waals surface area (Å²) in [5.74, 6) is 0.297. The van der Waals surface area contributed by atoms with Gasteiger partial charge in [0.1, 0.15) is 5.75 Å². The summed E-state index contributed by atoms with van der Waals surface area (Å²) in [4.78, 5) is 12.0. The van der Waals surface area contributed by atoms with Crippen molar-refractivity contribution in [2.75, 3.05) is 11.3 Å². The summed E-state index contributed by atoms with van der Waals surface area (Å²) in [6, 6.07) is 13.5. The SMILES string of the molecule is Cc1ccccc1NS(=O)(=O)c1ccc(OCC(=O)NC2CCCC2)cc1. The Kier molecular flexibility index (Phi) is 6.01. The van der Waals surface area contributed by atoms with Crippen molar-refractivity contribution in [2.45, 2.75) is 43.5 Å². The summed E-state index contributed by atoms with van der Waals surface area (Å²) in [6.07, 6.45) is 4.34. The van der Waals surface area contributed by atoms with Crippen molar-refractivity contribution in [2.24, 2.45) is 0 Å². The fraction of sp³-hybridized carbons (Fsp3) is 0.350. The van der Waals surface area contributed by atoms with Gasteiger partial charge in [0.15, 0.2) is 6.61 Å². The van der Waals surface area contributed by atoms with Crippen molar-refractivity contribution >= 4 is 21.6 Å². The molecule has 0 aliphatic heterocycles. The Morgan fingerprint density at radius 1 is 1.07 bits per heavy atom. The van der Waals surface area contributed by atoms with E-state index in [0.717, 1.165) is 31.2 Å². The third-order valence-corrected chi connectivity index (χ3v) is 6.00. The molecule has 1 fully saturated rings. The number of amides is 1. The second-order valence-electron chi connectivity index (χ2n) is 6.73. The van der Waals surface area contributed by atoms with Gasteiger partial charge in [-0.2, -0.15) is 0 Å². The van der Waals surface area contributed by atoms with Gasteiger partial charge in [-0.25, -0.2) is 8.42 Å². The maximum Gasteiger partial charge on any atom is 0.261 e. The molecule has 0 radical (unpaired) electrons. The first-order valence-corrected chi connectivity index (χ1v) is 10.5. The zero-order valence-corrected chi connectivity index (χ0v) is 16.1. The molecule has 144 valence electrons. The average molecular weight is 388 g/mol. The minimum atomic E-state index is -3.68. The monoisotopic (exact) mass is 388 g/mol. The van der Waals surface area contributed by atoms with Gasteiger partial charge in [-0.15, -0.1) is 0 Å². The lowest BCUT2D eigenvalue weighted by molar-refractivity contribution is -0.123. The standard InChI is InChI=1S/C20H24N2O4S/c1-15-6-2-5-9-19(15)22-27(24,25)18-12-10-17(11-13-18)26-14-20(23)21-16-7-3-4-8-16/h2,5-6,9-13,16,22H,3-4,7-8,14H2,1H3,(H,21,23). The minimum Gasteiger partial charge on any atom is -0.484 e. The molecule has 3 rings (SSSR count). The van der Waals surface area contributed by atoms with E-state index < -0.39 is 10.0 Å². The number of hydrogen-bond donors (Lipinski definition) is 2. The Morgan fingerprint density at radius 3 is 2.41 bits per heavy atom. The van der Waals surface area contributed by atoms with E-state index in [1.807, 2.05) is 19.1 Å². The molecule has 2 aromatic carbocycles. The van der Waals surface area contributed by atoms with Crippen LogP contribution in [0.4, 0.5) is 5.69 Å². The van der Waals surface area contributed by atoms with Gasteiger partial charge in [0, 0.05) is 6.04 Å². The molecule has 7 heteroatoms. The molecule has 6 nitrogen and oxygen atoms in total. The second kappa shape index (κ2) is 8.43. The van der Waals surface area contributed by atoms with Gasteiger partial charge in [0.05, 0.1) is 10.6 Å². The topological polar surface area (TPSA) is 84.5 Å². The number of nitrogens with one attached hydrogen (secondary N) is 2. The Bertz CT molecular complexity index is 888. The third kappa shape index (κ3) is 5.23. The van der Waals surface area contributed by atoms with E-state index in [-0.39, 0.29) is 23.5 Å². The lowest BCUT2D eigenvalue weighted by atomic mass is 10.2. The summed E-state index contributed by atoms with van der Waals surface area (Å²) in [6.45, 7) is 1.76. The molecule has 0 bridgehead atoms. The van der Waals surface area contributed by atoms with Crippen LogP contribution in [0, 0.1) is 6.92 Å². The van der Waals surface area contributed by atoms with E-state index in [2.05, 4.69) is 10.0 Å². The fourth-order valence-electron chi connectivity index (χ4n) is 3.09. The van der Waals surface area contributed by atoms with E-state index in [1.54, 1.807) is 24.3 Å². The average Bonchev–Trinajstić information content (AvgIpc) is 3.15. The normalized spacial score (nSPS) is 14.7. The van der Waals surface area contributed by atoms with Crippen LogP contribution in [0.1, 0.15) is 31.2 Å². The largest absolute Gasteiger partial charge is 0.484 e. The molecule has 1 aliphatic carbocycles. The Labute approximate surface area is 160 Å². The number of sulfonamides is 1. The van der Waals surface area contributed by atoms with Gasteiger partial charge >= 0.3 is 0 Å². The van der Waals surface area contributed by atoms with Gasteiger partial charge in [0.2, 0.25) is 0 Å². The molecule has 0 aromatic heterocycles. The molecule has 2 N–H and O–H groups in total. The Hall–Kier alpha value is -2.54. The molecule has 1 saturated carbocycles. The highest BCUT2D eigenvalue weighted by atomic mass is 32.2. The van der Waals surface area contributed by atoms with Crippen molar-refractivity contribution < 1.29 is 17.9 Å². The molecule has 0 atom stereocenters. The van der Waals surface area contributed by atoms with Gasteiger partial charge in [0.25, 0.3) is 15.9 Å². The molecule has 1 amide bonds. The maximum atomic E-state index is 12.5. The smallest absolute Gasteiger partial charge is 0.261 e. The maximum absolute atomic E-state index is 12.5. The van der Waals surface area contributed by atoms with Crippen molar-refractivity contribution in [3.8, 4) is 5.75 Å². The Morgan fingerprint density at radius 2 is 1.74 bits per heavy atom. The van der Waals surface area contributed by atoms with Crippen LogP contribution in [-0.2, 0) is 14.8 Å². The molecule has 0 saturated heterocycles. The van der Waals surface area contributed by atoms with Gasteiger partial charge < -0.3 is 10.1 Å². The van der Waals surface area contributed by atoms with E-state index in [0.29, 0.717) is 11.4 Å². The number of rotatable bonds is 7. The first-order chi connectivity index (χ1) is 12.9. The first kappa shape index (κ1) is 19.2. The predicted molar refractivity (Wildman–Crippen MR) is 104 cm³/mol. The summed E-state index contributed by atoms with van der Waals surface area (Å²) < 4.78 is 33.1. The number of carbonyl (C=O) groups is 1.